The SMILES string of the molecule is Cn1cc(C(=O)NCc2cccc(CN3CCCC3)c2)c(=O)[nH]c1=O. The fourth-order valence-electron chi connectivity index (χ4n) is 3.04. The summed E-state index contributed by atoms with van der Waals surface area (Å²) in [5.74, 6) is -0.498. The molecule has 1 saturated heterocycles. The van der Waals surface area contributed by atoms with Crippen molar-refractivity contribution in [2.45, 2.75) is 25.9 Å². The first-order valence-corrected chi connectivity index (χ1v) is 8.41. The summed E-state index contributed by atoms with van der Waals surface area (Å²) in [4.78, 5) is 39.9. The van der Waals surface area contributed by atoms with Crippen LogP contribution >= 0.6 is 0 Å². The van der Waals surface area contributed by atoms with E-state index < -0.39 is 17.2 Å². The lowest BCUT2D eigenvalue weighted by atomic mass is 10.1. The van der Waals surface area contributed by atoms with E-state index in [4.69, 9.17) is 0 Å². The lowest BCUT2D eigenvalue weighted by molar-refractivity contribution is 0.0948. The van der Waals surface area contributed by atoms with Crippen LogP contribution < -0.4 is 16.6 Å². The van der Waals surface area contributed by atoms with Gasteiger partial charge in [-0.1, -0.05) is 24.3 Å². The van der Waals surface area contributed by atoms with Gasteiger partial charge in [-0.3, -0.25) is 19.5 Å². The molecule has 2 heterocycles. The third-order valence-corrected chi connectivity index (χ3v) is 4.40. The van der Waals surface area contributed by atoms with E-state index in [0.29, 0.717) is 6.54 Å². The summed E-state index contributed by atoms with van der Waals surface area (Å²) in [6.07, 6.45) is 3.76. The van der Waals surface area contributed by atoms with Gasteiger partial charge >= 0.3 is 5.69 Å². The Morgan fingerprint density at radius 3 is 2.68 bits per heavy atom. The molecule has 7 nitrogen and oxygen atoms in total. The quantitative estimate of drug-likeness (QED) is 0.833. The monoisotopic (exact) mass is 342 g/mol. The van der Waals surface area contributed by atoms with Crippen LogP contribution in [0.2, 0.25) is 0 Å². The van der Waals surface area contributed by atoms with Crippen molar-refractivity contribution in [1.29, 1.82) is 0 Å². The first-order chi connectivity index (χ1) is 12.0. The molecule has 0 saturated carbocycles. The van der Waals surface area contributed by atoms with Crippen molar-refractivity contribution in [3.63, 3.8) is 0 Å². The average Bonchev–Trinajstić information content (AvgIpc) is 3.09. The van der Waals surface area contributed by atoms with Crippen LogP contribution in [0.4, 0.5) is 0 Å². The highest BCUT2D eigenvalue weighted by atomic mass is 16.2. The maximum Gasteiger partial charge on any atom is 0.328 e. The number of hydrogen-bond donors (Lipinski definition) is 2. The van der Waals surface area contributed by atoms with E-state index in [2.05, 4.69) is 27.3 Å². The van der Waals surface area contributed by atoms with Gasteiger partial charge in [0.15, 0.2) is 0 Å². The molecule has 3 rings (SSSR count). The number of aromatic amines is 1. The number of likely N-dealkylation sites (tertiary alicyclic amines) is 1. The number of amides is 1. The number of carbonyl (C=O) groups excluding carboxylic acids is 1. The van der Waals surface area contributed by atoms with Gasteiger partial charge in [0.05, 0.1) is 0 Å². The second-order valence-corrected chi connectivity index (χ2v) is 6.40. The van der Waals surface area contributed by atoms with E-state index in [9.17, 15) is 14.4 Å². The maximum absolute atomic E-state index is 12.2. The zero-order valence-corrected chi connectivity index (χ0v) is 14.2. The molecule has 1 aromatic carbocycles. The fraction of sp³-hybridized carbons (Fsp3) is 0.389. The van der Waals surface area contributed by atoms with E-state index in [-0.39, 0.29) is 5.56 Å². The van der Waals surface area contributed by atoms with Gasteiger partial charge < -0.3 is 9.88 Å². The van der Waals surface area contributed by atoms with Crippen LogP contribution in [0.1, 0.15) is 34.3 Å². The van der Waals surface area contributed by atoms with Crippen molar-refractivity contribution >= 4 is 5.91 Å². The van der Waals surface area contributed by atoms with Crippen molar-refractivity contribution in [3.05, 3.63) is 68.0 Å². The van der Waals surface area contributed by atoms with Gasteiger partial charge in [0.25, 0.3) is 11.5 Å². The average molecular weight is 342 g/mol. The highest BCUT2D eigenvalue weighted by molar-refractivity contribution is 5.93. The molecule has 1 fully saturated rings. The summed E-state index contributed by atoms with van der Waals surface area (Å²) in [5.41, 5.74) is 0.898. The number of nitrogens with one attached hydrogen (secondary N) is 2. The summed E-state index contributed by atoms with van der Waals surface area (Å²) in [6.45, 7) is 3.52. The first-order valence-electron chi connectivity index (χ1n) is 8.41. The van der Waals surface area contributed by atoms with E-state index in [1.165, 1.54) is 36.2 Å². The Kier molecular flexibility index (Phi) is 5.14. The number of rotatable bonds is 5. The topological polar surface area (TPSA) is 87.2 Å². The molecule has 0 bridgehead atoms. The van der Waals surface area contributed by atoms with Crippen molar-refractivity contribution in [2.24, 2.45) is 7.05 Å². The molecule has 0 atom stereocenters. The van der Waals surface area contributed by atoms with Gasteiger partial charge in [-0.15, -0.1) is 0 Å². The van der Waals surface area contributed by atoms with Crippen LogP contribution in [0.15, 0.2) is 40.1 Å². The van der Waals surface area contributed by atoms with Crippen LogP contribution in [-0.4, -0.2) is 33.4 Å². The number of nitrogens with zero attached hydrogens (tertiary/aromatic N) is 2. The molecular weight excluding hydrogens is 320 g/mol. The molecule has 1 amide bonds. The Labute approximate surface area is 145 Å². The predicted molar refractivity (Wildman–Crippen MR) is 94.4 cm³/mol. The van der Waals surface area contributed by atoms with Crippen molar-refractivity contribution in [2.75, 3.05) is 13.1 Å². The minimum atomic E-state index is -0.677. The zero-order chi connectivity index (χ0) is 17.8. The number of hydrogen-bond acceptors (Lipinski definition) is 4. The molecular formula is C18H22N4O3. The summed E-state index contributed by atoms with van der Waals surface area (Å²) >= 11 is 0. The van der Waals surface area contributed by atoms with Crippen LogP contribution in [0.25, 0.3) is 0 Å². The summed E-state index contributed by atoms with van der Waals surface area (Å²) in [6, 6.07) is 8.08. The standard InChI is InChI=1S/C18H22N4O3/c1-21-12-15(17(24)20-18(21)25)16(23)19-10-13-5-4-6-14(9-13)11-22-7-2-3-8-22/h4-6,9,12H,2-3,7-8,10-11H2,1H3,(H,19,23)(H,20,24,25). The number of carbonyl (C=O) groups is 1. The molecule has 0 radical (unpaired) electrons. The molecule has 0 unspecified atom stereocenters. The molecule has 25 heavy (non-hydrogen) atoms. The molecule has 1 aliphatic rings. The molecule has 0 aliphatic carbocycles. The molecule has 2 N–H and O–H groups in total. The molecule has 132 valence electrons. The van der Waals surface area contributed by atoms with Gasteiger partial charge in [-0.05, 0) is 37.1 Å². The Morgan fingerprint density at radius 1 is 1.20 bits per heavy atom. The third-order valence-electron chi connectivity index (χ3n) is 4.40. The van der Waals surface area contributed by atoms with E-state index in [1.54, 1.807) is 0 Å². The minimum absolute atomic E-state index is 0.0738. The Bertz CT molecular complexity index is 878. The molecule has 7 heteroatoms. The highest BCUT2D eigenvalue weighted by Gasteiger charge is 2.13. The van der Waals surface area contributed by atoms with Crippen molar-refractivity contribution in [3.8, 4) is 0 Å². The normalized spacial score (nSPS) is 14.6. The number of aromatic nitrogens is 2. The molecule has 2 aromatic rings. The lowest BCUT2D eigenvalue weighted by Gasteiger charge is -2.15. The number of H-pyrrole nitrogens is 1. The van der Waals surface area contributed by atoms with Gasteiger partial charge in [-0.2, -0.15) is 0 Å². The fourth-order valence-corrected chi connectivity index (χ4v) is 3.04. The number of benzene rings is 1. The van der Waals surface area contributed by atoms with Crippen LogP contribution in [0, 0.1) is 0 Å². The highest BCUT2D eigenvalue weighted by Crippen LogP contribution is 2.13. The van der Waals surface area contributed by atoms with E-state index >= 15 is 0 Å². The van der Waals surface area contributed by atoms with Gasteiger partial charge in [0.2, 0.25) is 0 Å². The van der Waals surface area contributed by atoms with Gasteiger partial charge in [-0.25, -0.2) is 4.79 Å². The lowest BCUT2D eigenvalue weighted by Crippen LogP contribution is -2.35. The summed E-state index contributed by atoms with van der Waals surface area (Å²) < 4.78 is 1.17. The summed E-state index contributed by atoms with van der Waals surface area (Å²) in [5, 5.41) is 2.74. The predicted octanol–water partition coefficient (Wildman–Crippen LogP) is 0.599. The first kappa shape index (κ1) is 17.2. The van der Waals surface area contributed by atoms with Crippen LogP contribution in [-0.2, 0) is 20.1 Å². The van der Waals surface area contributed by atoms with Gasteiger partial charge in [0.1, 0.15) is 5.56 Å². The Morgan fingerprint density at radius 2 is 1.92 bits per heavy atom. The largest absolute Gasteiger partial charge is 0.348 e. The maximum atomic E-state index is 12.2. The van der Waals surface area contributed by atoms with E-state index in [0.717, 1.165) is 25.2 Å². The second-order valence-electron chi connectivity index (χ2n) is 6.40. The molecule has 0 spiro atoms. The van der Waals surface area contributed by atoms with Crippen molar-refractivity contribution < 1.29 is 4.79 Å². The van der Waals surface area contributed by atoms with Crippen LogP contribution in [0.5, 0.6) is 0 Å². The van der Waals surface area contributed by atoms with E-state index in [1.807, 2.05) is 12.1 Å². The Balaban J connectivity index is 1.65. The third kappa shape index (κ3) is 4.24. The second kappa shape index (κ2) is 7.48. The van der Waals surface area contributed by atoms with Crippen LogP contribution in [0.3, 0.4) is 0 Å². The number of aryl methyl sites for hydroxylation is 1. The minimum Gasteiger partial charge on any atom is -0.348 e. The van der Waals surface area contributed by atoms with Gasteiger partial charge in [0, 0.05) is 26.3 Å². The smallest absolute Gasteiger partial charge is 0.328 e. The zero-order valence-electron chi connectivity index (χ0n) is 14.2. The summed E-state index contributed by atoms with van der Waals surface area (Å²) in [7, 11) is 1.48. The molecule has 1 aromatic heterocycles. The molecule has 1 aliphatic heterocycles. The van der Waals surface area contributed by atoms with Crippen molar-refractivity contribution in [1.82, 2.24) is 19.8 Å². The Hall–Kier alpha value is -2.67.